The lowest BCUT2D eigenvalue weighted by Crippen LogP contribution is -2.58. The zero-order valence-corrected chi connectivity index (χ0v) is 11.3. The van der Waals surface area contributed by atoms with Crippen molar-refractivity contribution < 1.29 is 0 Å². The van der Waals surface area contributed by atoms with E-state index in [4.69, 9.17) is 0 Å². The Bertz CT molecular complexity index is 203. The third-order valence-electron chi connectivity index (χ3n) is 4.10. The summed E-state index contributed by atoms with van der Waals surface area (Å²) in [5.74, 6) is 0. The maximum atomic E-state index is 4.02. The first kappa shape index (κ1) is 13.7. The van der Waals surface area contributed by atoms with Crippen molar-refractivity contribution in [1.82, 2.24) is 10.2 Å². The number of rotatable bonds is 5. The number of hydrogen-bond donors (Lipinski definition) is 1. The average molecular weight is 224 g/mol. The first-order chi connectivity index (χ1) is 7.67. The van der Waals surface area contributed by atoms with Crippen molar-refractivity contribution >= 4 is 0 Å². The van der Waals surface area contributed by atoms with E-state index in [0.717, 1.165) is 6.54 Å². The topological polar surface area (TPSA) is 15.3 Å². The lowest BCUT2D eigenvalue weighted by Gasteiger charge is -2.45. The Morgan fingerprint density at radius 3 is 2.19 bits per heavy atom. The molecule has 1 rings (SSSR count). The molecule has 0 aromatic carbocycles. The summed E-state index contributed by atoms with van der Waals surface area (Å²) in [6, 6.07) is 0.422. The highest BCUT2D eigenvalue weighted by molar-refractivity contribution is 5.07. The molecule has 1 fully saturated rings. The largest absolute Gasteiger partial charge is 0.309 e. The minimum Gasteiger partial charge on any atom is -0.309 e. The summed E-state index contributed by atoms with van der Waals surface area (Å²) >= 11 is 0. The van der Waals surface area contributed by atoms with Gasteiger partial charge in [-0.05, 0) is 33.5 Å². The van der Waals surface area contributed by atoms with E-state index >= 15 is 0 Å². The first-order valence-corrected chi connectivity index (χ1v) is 6.70. The van der Waals surface area contributed by atoms with Crippen molar-refractivity contribution in [3.05, 3.63) is 12.7 Å². The van der Waals surface area contributed by atoms with E-state index in [0.29, 0.717) is 6.04 Å². The standard InChI is InChI=1S/C14H28N2/c1-5-13(15-6-2)14(16(3)4)11-9-7-8-10-12-14/h5,13,15H,1,6-12H2,2-4H3. The Hall–Kier alpha value is -0.340. The fraction of sp³-hybridized carbons (Fsp3) is 0.857. The van der Waals surface area contributed by atoms with Gasteiger partial charge in [0.1, 0.15) is 0 Å². The van der Waals surface area contributed by atoms with Gasteiger partial charge >= 0.3 is 0 Å². The smallest absolute Gasteiger partial charge is 0.0433 e. The molecule has 0 bridgehead atoms. The van der Waals surface area contributed by atoms with Gasteiger partial charge in [-0.1, -0.05) is 38.7 Å². The fourth-order valence-corrected chi connectivity index (χ4v) is 3.09. The zero-order chi connectivity index (χ0) is 12.0. The molecule has 0 heterocycles. The zero-order valence-electron chi connectivity index (χ0n) is 11.3. The van der Waals surface area contributed by atoms with E-state index in [1.165, 1.54) is 38.5 Å². The predicted molar refractivity (Wildman–Crippen MR) is 71.8 cm³/mol. The lowest BCUT2D eigenvalue weighted by atomic mass is 9.81. The second-order valence-electron chi connectivity index (χ2n) is 5.18. The molecule has 0 saturated heterocycles. The van der Waals surface area contributed by atoms with Gasteiger partial charge in [0.2, 0.25) is 0 Å². The van der Waals surface area contributed by atoms with Gasteiger partial charge in [0, 0.05) is 11.6 Å². The van der Waals surface area contributed by atoms with Crippen LogP contribution in [-0.2, 0) is 0 Å². The molecule has 2 heteroatoms. The number of nitrogens with one attached hydrogen (secondary N) is 1. The van der Waals surface area contributed by atoms with Crippen molar-refractivity contribution in [3.63, 3.8) is 0 Å². The minimum atomic E-state index is 0.286. The third-order valence-corrected chi connectivity index (χ3v) is 4.10. The minimum absolute atomic E-state index is 0.286. The van der Waals surface area contributed by atoms with Crippen molar-refractivity contribution in [2.45, 2.75) is 57.0 Å². The molecule has 1 aliphatic rings. The summed E-state index contributed by atoms with van der Waals surface area (Å²) in [4.78, 5) is 2.42. The van der Waals surface area contributed by atoms with Crippen LogP contribution in [0.25, 0.3) is 0 Å². The summed E-state index contributed by atoms with van der Waals surface area (Å²) < 4.78 is 0. The van der Waals surface area contributed by atoms with Crippen molar-refractivity contribution in [3.8, 4) is 0 Å². The summed E-state index contributed by atoms with van der Waals surface area (Å²) in [5, 5.41) is 3.59. The van der Waals surface area contributed by atoms with Crippen LogP contribution in [0, 0.1) is 0 Å². The molecular formula is C14H28N2. The Balaban J connectivity index is 2.87. The molecule has 1 atom stereocenters. The highest BCUT2D eigenvalue weighted by Gasteiger charge is 2.38. The normalized spacial score (nSPS) is 22.8. The van der Waals surface area contributed by atoms with Crippen molar-refractivity contribution in [2.75, 3.05) is 20.6 Å². The summed E-state index contributed by atoms with van der Waals surface area (Å²) in [7, 11) is 4.44. The fourth-order valence-electron chi connectivity index (χ4n) is 3.09. The van der Waals surface area contributed by atoms with Crippen LogP contribution >= 0.6 is 0 Å². The Morgan fingerprint density at radius 1 is 1.25 bits per heavy atom. The SMILES string of the molecule is C=CC(NCC)C1(N(C)C)CCCCCC1. The van der Waals surface area contributed by atoms with Crippen LogP contribution in [0.1, 0.15) is 45.4 Å². The first-order valence-electron chi connectivity index (χ1n) is 6.70. The van der Waals surface area contributed by atoms with Crippen LogP contribution in [0.15, 0.2) is 12.7 Å². The second-order valence-corrected chi connectivity index (χ2v) is 5.18. The Kier molecular flexibility index (Phi) is 5.50. The third kappa shape index (κ3) is 2.86. The van der Waals surface area contributed by atoms with Crippen LogP contribution in [-0.4, -0.2) is 37.1 Å². The highest BCUT2D eigenvalue weighted by atomic mass is 15.2. The van der Waals surface area contributed by atoms with E-state index in [9.17, 15) is 0 Å². The predicted octanol–water partition coefficient (Wildman–Crippen LogP) is 2.81. The van der Waals surface area contributed by atoms with Gasteiger partial charge in [0.05, 0.1) is 0 Å². The molecule has 1 N–H and O–H groups in total. The number of nitrogens with zero attached hydrogens (tertiary/aromatic N) is 1. The summed E-state index contributed by atoms with van der Waals surface area (Å²) in [5.41, 5.74) is 0.286. The molecule has 0 radical (unpaired) electrons. The van der Waals surface area contributed by atoms with Crippen LogP contribution in [0.4, 0.5) is 0 Å². The van der Waals surface area contributed by atoms with E-state index < -0.39 is 0 Å². The second kappa shape index (κ2) is 6.41. The average Bonchev–Trinajstić information content (AvgIpc) is 2.52. The van der Waals surface area contributed by atoms with E-state index in [2.05, 4.69) is 43.9 Å². The van der Waals surface area contributed by atoms with Gasteiger partial charge in [-0.15, -0.1) is 6.58 Å². The molecule has 16 heavy (non-hydrogen) atoms. The highest BCUT2D eigenvalue weighted by Crippen LogP contribution is 2.34. The van der Waals surface area contributed by atoms with E-state index in [1.807, 2.05) is 0 Å². The molecule has 94 valence electrons. The maximum Gasteiger partial charge on any atom is 0.0433 e. The monoisotopic (exact) mass is 224 g/mol. The van der Waals surface area contributed by atoms with Gasteiger partial charge in [-0.25, -0.2) is 0 Å². The molecular weight excluding hydrogens is 196 g/mol. The lowest BCUT2D eigenvalue weighted by molar-refractivity contribution is 0.0997. The van der Waals surface area contributed by atoms with Gasteiger partial charge < -0.3 is 10.2 Å². The van der Waals surface area contributed by atoms with Gasteiger partial charge in [0.25, 0.3) is 0 Å². The van der Waals surface area contributed by atoms with Crippen LogP contribution < -0.4 is 5.32 Å². The van der Waals surface area contributed by atoms with E-state index in [1.54, 1.807) is 0 Å². The molecule has 0 amide bonds. The quantitative estimate of drug-likeness (QED) is 0.570. The molecule has 0 spiro atoms. The number of hydrogen-bond acceptors (Lipinski definition) is 2. The van der Waals surface area contributed by atoms with Crippen LogP contribution in [0.2, 0.25) is 0 Å². The number of likely N-dealkylation sites (N-methyl/N-ethyl adjacent to an activating group) is 2. The Labute approximate surface area is 101 Å². The molecule has 0 aromatic heterocycles. The molecule has 1 unspecified atom stereocenters. The van der Waals surface area contributed by atoms with Crippen LogP contribution in [0.3, 0.4) is 0 Å². The van der Waals surface area contributed by atoms with Crippen molar-refractivity contribution in [2.24, 2.45) is 0 Å². The molecule has 1 saturated carbocycles. The van der Waals surface area contributed by atoms with Gasteiger partial charge in [-0.3, -0.25) is 0 Å². The summed E-state index contributed by atoms with van der Waals surface area (Å²) in [6.07, 6.45) is 10.2. The summed E-state index contributed by atoms with van der Waals surface area (Å²) in [6.45, 7) is 7.22. The molecule has 0 aromatic rings. The Morgan fingerprint density at radius 2 is 1.81 bits per heavy atom. The van der Waals surface area contributed by atoms with Gasteiger partial charge in [0.15, 0.2) is 0 Å². The van der Waals surface area contributed by atoms with E-state index in [-0.39, 0.29) is 5.54 Å². The maximum absolute atomic E-state index is 4.02. The molecule has 1 aliphatic carbocycles. The van der Waals surface area contributed by atoms with Crippen LogP contribution in [0.5, 0.6) is 0 Å². The van der Waals surface area contributed by atoms with Crippen molar-refractivity contribution in [1.29, 1.82) is 0 Å². The van der Waals surface area contributed by atoms with Gasteiger partial charge in [-0.2, -0.15) is 0 Å². The molecule has 0 aliphatic heterocycles. The molecule has 2 nitrogen and oxygen atoms in total.